The third-order valence-corrected chi connectivity index (χ3v) is 3.55. The van der Waals surface area contributed by atoms with E-state index in [2.05, 4.69) is 15.0 Å². The van der Waals surface area contributed by atoms with Gasteiger partial charge < -0.3 is 15.0 Å². The first-order valence-corrected chi connectivity index (χ1v) is 6.64. The lowest BCUT2D eigenvalue weighted by Crippen LogP contribution is -2.32. The molecule has 1 saturated heterocycles. The number of nitrogens with one attached hydrogen (secondary N) is 1. The van der Waals surface area contributed by atoms with E-state index in [4.69, 9.17) is 0 Å². The molecule has 0 unspecified atom stereocenters. The Kier molecular flexibility index (Phi) is 4.14. The van der Waals surface area contributed by atoms with Gasteiger partial charge in [0.2, 0.25) is 5.91 Å². The molecule has 98 valence electrons. The Bertz CT molecular complexity index is 440. The van der Waals surface area contributed by atoms with Gasteiger partial charge in [-0.25, -0.2) is 9.78 Å². The molecular weight excluding hydrogens is 254 g/mol. The van der Waals surface area contributed by atoms with E-state index in [0.717, 1.165) is 25.9 Å². The molecule has 1 fully saturated rings. The maximum absolute atomic E-state index is 11.8. The minimum atomic E-state index is -0.467. The van der Waals surface area contributed by atoms with Crippen LogP contribution >= 0.6 is 11.3 Å². The standard InChI is InChI=1S/C11H15N3O3S/c1-17-10(16)8-7-18-11(13-8)12-6-9(15)14-4-2-3-5-14/h7H,2-6H2,1H3,(H,12,13). The zero-order chi connectivity index (χ0) is 13.0. The van der Waals surface area contributed by atoms with E-state index in [9.17, 15) is 9.59 Å². The minimum absolute atomic E-state index is 0.0716. The van der Waals surface area contributed by atoms with Crippen molar-refractivity contribution in [1.29, 1.82) is 0 Å². The number of likely N-dealkylation sites (tertiary alicyclic amines) is 1. The fraction of sp³-hybridized carbons (Fsp3) is 0.545. The molecule has 2 rings (SSSR count). The Morgan fingerprint density at radius 3 is 2.89 bits per heavy atom. The second-order valence-electron chi connectivity index (χ2n) is 3.97. The zero-order valence-electron chi connectivity index (χ0n) is 10.1. The summed E-state index contributed by atoms with van der Waals surface area (Å²) in [6.07, 6.45) is 2.16. The molecule has 2 heterocycles. The van der Waals surface area contributed by atoms with Gasteiger partial charge in [-0.1, -0.05) is 0 Å². The summed E-state index contributed by atoms with van der Waals surface area (Å²) in [7, 11) is 1.31. The number of amides is 1. The van der Waals surface area contributed by atoms with Crippen molar-refractivity contribution >= 4 is 28.3 Å². The van der Waals surface area contributed by atoms with E-state index in [1.165, 1.54) is 18.4 Å². The average Bonchev–Trinajstić information content (AvgIpc) is 3.05. The van der Waals surface area contributed by atoms with Crippen LogP contribution in [0.1, 0.15) is 23.3 Å². The molecule has 1 aromatic heterocycles. The molecule has 1 aliphatic rings. The number of methoxy groups -OCH3 is 1. The highest BCUT2D eigenvalue weighted by Gasteiger charge is 2.18. The molecular formula is C11H15N3O3S. The van der Waals surface area contributed by atoms with E-state index in [1.54, 1.807) is 5.38 Å². The molecule has 1 aliphatic heterocycles. The number of anilines is 1. The predicted octanol–water partition coefficient (Wildman–Crippen LogP) is 0.964. The molecule has 0 aliphatic carbocycles. The van der Waals surface area contributed by atoms with Gasteiger partial charge in [0.1, 0.15) is 0 Å². The van der Waals surface area contributed by atoms with Gasteiger partial charge in [-0.05, 0) is 12.8 Å². The second-order valence-corrected chi connectivity index (χ2v) is 4.83. The molecule has 1 aromatic rings. The lowest BCUT2D eigenvalue weighted by Gasteiger charge is -2.14. The summed E-state index contributed by atoms with van der Waals surface area (Å²) in [5.41, 5.74) is 0.263. The molecule has 0 aromatic carbocycles. The molecule has 1 amide bonds. The molecule has 7 heteroatoms. The van der Waals surface area contributed by atoms with Crippen LogP contribution in [0.4, 0.5) is 5.13 Å². The van der Waals surface area contributed by atoms with Crippen LogP contribution in [-0.2, 0) is 9.53 Å². The lowest BCUT2D eigenvalue weighted by molar-refractivity contribution is -0.128. The Hall–Kier alpha value is -1.63. The fourth-order valence-electron chi connectivity index (χ4n) is 1.78. The summed E-state index contributed by atoms with van der Waals surface area (Å²) < 4.78 is 4.56. The summed E-state index contributed by atoms with van der Waals surface area (Å²) in [5.74, 6) is -0.396. The normalized spacial score (nSPS) is 14.6. The summed E-state index contributed by atoms with van der Waals surface area (Å²) in [5, 5.41) is 5.09. The third-order valence-electron chi connectivity index (χ3n) is 2.75. The van der Waals surface area contributed by atoms with E-state index >= 15 is 0 Å². The Labute approximate surface area is 109 Å². The van der Waals surface area contributed by atoms with Gasteiger partial charge in [0.15, 0.2) is 10.8 Å². The summed E-state index contributed by atoms with van der Waals surface area (Å²) in [6, 6.07) is 0. The highest BCUT2D eigenvalue weighted by atomic mass is 32.1. The minimum Gasteiger partial charge on any atom is -0.464 e. The van der Waals surface area contributed by atoms with Crippen LogP contribution in [0.2, 0.25) is 0 Å². The SMILES string of the molecule is COC(=O)c1csc(NCC(=O)N2CCCC2)n1. The van der Waals surface area contributed by atoms with Crippen molar-refractivity contribution in [3.63, 3.8) is 0 Å². The van der Waals surface area contributed by atoms with E-state index in [-0.39, 0.29) is 18.1 Å². The van der Waals surface area contributed by atoms with Crippen molar-refractivity contribution in [2.45, 2.75) is 12.8 Å². The number of hydrogen-bond donors (Lipinski definition) is 1. The molecule has 1 N–H and O–H groups in total. The van der Waals surface area contributed by atoms with Crippen molar-refractivity contribution in [2.24, 2.45) is 0 Å². The lowest BCUT2D eigenvalue weighted by atomic mass is 10.4. The van der Waals surface area contributed by atoms with Gasteiger partial charge >= 0.3 is 5.97 Å². The maximum Gasteiger partial charge on any atom is 0.357 e. The quantitative estimate of drug-likeness (QED) is 0.824. The number of thiazole rings is 1. The first kappa shape index (κ1) is 12.8. The summed E-state index contributed by atoms with van der Waals surface area (Å²) in [4.78, 5) is 28.8. The van der Waals surface area contributed by atoms with Gasteiger partial charge in [-0.15, -0.1) is 11.3 Å². The average molecular weight is 269 g/mol. The van der Waals surface area contributed by atoms with Crippen molar-refractivity contribution in [2.75, 3.05) is 32.1 Å². The van der Waals surface area contributed by atoms with Crippen LogP contribution in [0.5, 0.6) is 0 Å². The largest absolute Gasteiger partial charge is 0.464 e. The summed E-state index contributed by atoms with van der Waals surface area (Å²) >= 11 is 1.28. The van der Waals surface area contributed by atoms with Crippen LogP contribution in [0, 0.1) is 0 Å². The fourth-order valence-corrected chi connectivity index (χ4v) is 2.46. The summed E-state index contributed by atoms with van der Waals surface area (Å²) in [6.45, 7) is 1.89. The van der Waals surface area contributed by atoms with Crippen LogP contribution in [0.3, 0.4) is 0 Å². The molecule has 6 nitrogen and oxygen atoms in total. The molecule has 0 radical (unpaired) electrons. The van der Waals surface area contributed by atoms with Crippen molar-refractivity contribution in [3.05, 3.63) is 11.1 Å². The van der Waals surface area contributed by atoms with Gasteiger partial charge in [0.05, 0.1) is 13.7 Å². The highest BCUT2D eigenvalue weighted by molar-refractivity contribution is 7.13. The molecule has 18 heavy (non-hydrogen) atoms. The van der Waals surface area contributed by atoms with Gasteiger partial charge in [0, 0.05) is 18.5 Å². The zero-order valence-corrected chi connectivity index (χ0v) is 11.0. The Morgan fingerprint density at radius 2 is 2.22 bits per heavy atom. The van der Waals surface area contributed by atoms with Crippen molar-refractivity contribution in [1.82, 2.24) is 9.88 Å². The van der Waals surface area contributed by atoms with Crippen LogP contribution in [-0.4, -0.2) is 48.5 Å². The monoisotopic (exact) mass is 269 g/mol. The number of ether oxygens (including phenoxy) is 1. The smallest absolute Gasteiger partial charge is 0.357 e. The topological polar surface area (TPSA) is 71.5 Å². The number of carbonyl (C=O) groups is 2. The third kappa shape index (κ3) is 2.98. The number of esters is 1. The van der Waals surface area contributed by atoms with Crippen LogP contribution < -0.4 is 5.32 Å². The van der Waals surface area contributed by atoms with E-state index < -0.39 is 5.97 Å². The first-order chi connectivity index (χ1) is 8.70. The van der Waals surface area contributed by atoms with Crippen LogP contribution in [0.15, 0.2) is 5.38 Å². The van der Waals surface area contributed by atoms with Gasteiger partial charge in [0.25, 0.3) is 0 Å². The Balaban J connectivity index is 1.84. The van der Waals surface area contributed by atoms with E-state index in [0.29, 0.717) is 5.13 Å². The number of rotatable bonds is 4. The van der Waals surface area contributed by atoms with Gasteiger partial charge in [-0.3, -0.25) is 4.79 Å². The van der Waals surface area contributed by atoms with Crippen LogP contribution in [0.25, 0.3) is 0 Å². The maximum atomic E-state index is 11.8. The number of aromatic nitrogens is 1. The Morgan fingerprint density at radius 1 is 1.50 bits per heavy atom. The van der Waals surface area contributed by atoms with Gasteiger partial charge in [-0.2, -0.15) is 0 Å². The van der Waals surface area contributed by atoms with E-state index in [1.807, 2.05) is 4.90 Å². The predicted molar refractivity (Wildman–Crippen MR) is 67.8 cm³/mol. The number of carbonyl (C=O) groups excluding carboxylic acids is 2. The first-order valence-electron chi connectivity index (χ1n) is 5.76. The molecule has 0 atom stereocenters. The molecule has 0 bridgehead atoms. The van der Waals surface area contributed by atoms with Crippen molar-refractivity contribution in [3.8, 4) is 0 Å². The molecule has 0 spiro atoms. The highest BCUT2D eigenvalue weighted by Crippen LogP contribution is 2.16. The molecule has 0 saturated carbocycles. The number of hydrogen-bond acceptors (Lipinski definition) is 6. The number of nitrogens with zero attached hydrogens (tertiary/aromatic N) is 2. The van der Waals surface area contributed by atoms with Crippen molar-refractivity contribution < 1.29 is 14.3 Å². The second kappa shape index (κ2) is 5.81.